The van der Waals surface area contributed by atoms with Crippen LogP contribution in [-0.4, -0.2) is 19.0 Å². The maximum absolute atomic E-state index is 11.8. The summed E-state index contributed by atoms with van der Waals surface area (Å²) in [6, 6.07) is 11.0. The van der Waals surface area contributed by atoms with Crippen LogP contribution in [0, 0.1) is 0 Å². The lowest BCUT2D eigenvalue weighted by Gasteiger charge is -2.03. The van der Waals surface area contributed by atoms with Crippen LogP contribution < -0.4 is 4.74 Å². The fourth-order valence-electron chi connectivity index (χ4n) is 1.71. The Bertz CT molecular complexity index is 752. The van der Waals surface area contributed by atoms with Crippen LogP contribution in [0.2, 0.25) is 10.0 Å². The fraction of sp³-hybridized carbons (Fsp3) is 0.0588. The first-order chi connectivity index (χ1) is 11.0. The maximum atomic E-state index is 11.8. The van der Waals surface area contributed by atoms with E-state index in [0.717, 1.165) is 5.56 Å². The van der Waals surface area contributed by atoms with Gasteiger partial charge in [0.2, 0.25) is 0 Å². The quantitative estimate of drug-likeness (QED) is 0.465. The van der Waals surface area contributed by atoms with Crippen LogP contribution in [0.5, 0.6) is 5.75 Å². The molecule has 0 atom stereocenters. The van der Waals surface area contributed by atoms with Gasteiger partial charge in [-0.3, -0.25) is 0 Å². The summed E-state index contributed by atoms with van der Waals surface area (Å²) in [5, 5.41) is 0.845. The highest BCUT2D eigenvalue weighted by Crippen LogP contribution is 2.23. The van der Waals surface area contributed by atoms with Crippen LogP contribution in [0.25, 0.3) is 6.08 Å². The summed E-state index contributed by atoms with van der Waals surface area (Å²) in [4.78, 5) is 23.0. The average molecular weight is 351 g/mol. The first-order valence-electron chi connectivity index (χ1n) is 6.53. The molecule has 0 heterocycles. The molecule has 0 aromatic heterocycles. The number of carbonyl (C=O) groups excluding carboxylic acids is 2. The Morgan fingerprint density at radius 1 is 1.00 bits per heavy atom. The normalized spacial score (nSPS) is 10.6. The molecule has 0 unspecified atom stereocenters. The van der Waals surface area contributed by atoms with E-state index in [1.807, 2.05) is 0 Å². The van der Waals surface area contributed by atoms with Gasteiger partial charge in [-0.2, -0.15) is 0 Å². The molecule has 6 heteroatoms. The Labute approximate surface area is 143 Å². The van der Waals surface area contributed by atoms with Crippen LogP contribution in [0.4, 0.5) is 0 Å². The molecule has 0 aliphatic heterocycles. The minimum absolute atomic E-state index is 0.321. The highest BCUT2D eigenvalue weighted by Gasteiger charge is 2.06. The zero-order valence-corrected chi connectivity index (χ0v) is 13.6. The molecule has 0 saturated carbocycles. The van der Waals surface area contributed by atoms with Crippen molar-refractivity contribution < 1.29 is 19.1 Å². The Kier molecular flexibility index (Phi) is 5.79. The molecule has 4 nitrogen and oxygen atoms in total. The molecular weight excluding hydrogens is 339 g/mol. The zero-order chi connectivity index (χ0) is 16.8. The number of rotatable bonds is 4. The van der Waals surface area contributed by atoms with E-state index in [0.29, 0.717) is 21.4 Å². The lowest BCUT2D eigenvalue weighted by atomic mass is 10.2. The molecule has 0 aliphatic rings. The standard InChI is InChI=1S/C17H12Cl2O4/c1-22-17(21)12-4-6-13(7-5-12)23-16(20)9-3-11-2-8-14(18)15(19)10-11/h2-10H,1H3. The molecule has 2 rings (SSSR count). The number of halogens is 2. The predicted octanol–water partition coefficient (Wildman–Crippen LogP) is 4.40. The average Bonchev–Trinajstić information content (AvgIpc) is 2.56. The smallest absolute Gasteiger partial charge is 0.337 e. The van der Waals surface area contributed by atoms with Gasteiger partial charge in [0.1, 0.15) is 5.75 Å². The maximum Gasteiger partial charge on any atom is 0.337 e. The predicted molar refractivity (Wildman–Crippen MR) is 88.9 cm³/mol. The molecule has 0 N–H and O–H groups in total. The van der Waals surface area contributed by atoms with Crippen LogP contribution in [0.15, 0.2) is 48.5 Å². The van der Waals surface area contributed by atoms with Gasteiger partial charge in [-0.25, -0.2) is 9.59 Å². The summed E-state index contributed by atoms with van der Waals surface area (Å²) in [7, 11) is 1.30. The van der Waals surface area contributed by atoms with Crippen LogP contribution in [-0.2, 0) is 9.53 Å². The molecule has 0 amide bonds. The summed E-state index contributed by atoms with van der Waals surface area (Å²) < 4.78 is 9.71. The summed E-state index contributed by atoms with van der Waals surface area (Å²) in [6.07, 6.45) is 2.83. The molecule has 0 spiro atoms. The van der Waals surface area contributed by atoms with Crippen LogP contribution in [0.1, 0.15) is 15.9 Å². The third kappa shape index (κ3) is 4.84. The Hall–Kier alpha value is -2.30. The SMILES string of the molecule is COC(=O)c1ccc(OC(=O)C=Cc2ccc(Cl)c(Cl)c2)cc1. The van der Waals surface area contributed by atoms with Gasteiger partial charge in [0.25, 0.3) is 0 Å². The Morgan fingerprint density at radius 2 is 1.70 bits per heavy atom. The van der Waals surface area contributed by atoms with Gasteiger partial charge in [0.05, 0.1) is 22.7 Å². The van der Waals surface area contributed by atoms with Crippen molar-refractivity contribution in [1.29, 1.82) is 0 Å². The van der Waals surface area contributed by atoms with Gasteiger partial charge in [0.15, 0.2) is 0 Å². The van der Waals surface area contributed by atoms with E-state index >= 15 is 0 Å². The van der Waals surface area contributed by atoms with Gasteiger partial charge in [-0.15, -0.1) is 0 Å². The van der Waals surface area contributed by atoms with E-state index in [1.165, 1.54) is 37.5 Å². The summed E-state index contributed by atoms with van der Waals surface area (Å²) in [5.74, 6) is -0.689. The molecule has 23 heavy (non-hydrogen) atoms. The minimum atomic E-state index is -0.554. The lowest BCUT2D eigenvalue weighted by molar-refractivity contribution is -0.128. The van der Waals surface area contributed by atoms with Crippen LogP contribution in [0.3, 0.4) is 0 Å². The second-order valence-corrected chi connectivity index (χ2v) is 5.26. The zero-order valence-electron chi connectivity index (χ0n) is 12.1. The number of hydrogen-bond acceptors (Lipinski definition) is 4. The van der Waals surface area contributed by atoms with E-state index in [-0.39, 0.29) is 0 Å². The number of esters is 2. The van der Waals surface area contributed by atoms with Gasteiger partial charge in [-0.05, 0) is 48.0 Å². The summed E-state index contributed by atoms with van der Waals surface area (Å²) in [6.45, 7) is 0. The van der Waals surface area contributed by atoms with Gasteiger partial charge < -0.3 is 9.47 Å². The second-order valence-electron chi connectivity index (χ2n) is 4.44. The van der Waals surface area contributed by atoms with Gasteiger partial charge in [-0.1, -0.05) is 29.3 Å². The number of benzene rings is 2. The fourth-order valence-corrected chi connectivity index (χ4v) is 2.01. The number of methoxy groups -OCH3 is 1. The second kappa shape index (κ2) is 7.81. The third-order valence-corrected chi connectivity index (χ3v) is 3.59. The molecule has 0 fully saturated rings. The van der Waals surface area contributed by atoms with Crippen molar-refractivity contribution in [1.82, 2.24) is 0 Å². The highest BCUT2D eigenvalue weighted by molar-refractivity contribution is 6.42. The van der Waals surface area contributed by atoms with Crippen molar-refractivity contribution in [3.05, 3.63) is 69.7 Å². The van der Waals surface area contributed by atoms with Crippen molar-refractivity contribution in [3.63, 3.8) is 0 Å². The minimum Gasteiger partial charge on any atom is -0.465 e. The molecule has 0 aliphatic carbocycles. The largest absolute Gasteiger partial charge is 0.465 e. The van der Waals surface area contributed by atoms with E-state index in [1.54, 1.807) is 24.3 Å². The van der Waals surface area contributed by atoms with Crippen molar-refractivity contribution in [2.75, 3.05) is 7.11 Å². The van der Waals surface area contributed by atoms with E-state index in [9.17, 15) is 9.59 Å². The Morgan fingerprint density at radius 3 is 2.30 bits per heavy atom. The van der Waals surface area contributed by atoms with Gasteiger partial charge in [0, 0.05) is 6.08 Å². The van der Waals surface area contributed by atoms with E-state index in [2.05, 4.69) is 4.74 Å². The lowest BCUT2D eigenvalue weighted by Crippen LogP contribution is -2.05. The molecule has 2 aromatic rings. The molecule has 118 valence electrons. The first-order valence-corrected chi connectivity index (χ1v) is 7.28. The summed E-state index contributed by atoms with van der Waals surface area (Å²) >= 11 is 11.7. The third-order valence-electron chi connectivity index (χ3n) is 2.85. The first kappa shape index (κ1) is 17.1. The van der Waals surface area contributed by atoms with Crippen LogP contribution >= 0.6 is 23.2 Å². The van der Waals surface area contributed by atoms with Crippen molar-refractivity contribution in [2.24, 2.45) is 0 Å². The van der Waals surface area contributed by atoms with E-state index in [4.69, 9.17) is 27.9 Å². The molecule has 0 bridgehead atoms. The number of carbonyl (C=O) groups is 2. The van der Waals surface area contributed by atoms with Crippen molar-refractivity contribution >= 4 is 41.2 Å². The number of hydrogen-bond donors (Lipinski definition) is 0. The van der Waals surface area contributed by atoms with Crippen molar-refractivity contribution in [3.8, 4) is 5.75 Å². The number of ether oxygens (including phenoxy) is 2. The molecule has 2 aromatic carbocycles. The molecule has 0 saturated heterocycles. The molecule has 0 radical (unpaired) electrons. The summed E-state index contributed by atoms with van der Waals surface area (Å²) in [5.41, 5.74) is 1.09. The van der Waals surface area contributed by atoms with Gasteiger partial charge >= 0.3 is 11.9 Å². The molecular formula is C17H12Cl2O4. The Balaban J connectivity index is 2.00. The van der Waals surface area contributed by atoms with Crippen molar-refractivity contribution in [2.45, 2.75) is 0 Å². The topological polar surface area (TPSA) is 52.6 Å². The highest BCUT2D eigenvalue weighted by atomic mass is 35.5. The van der Waals surface area contributed by atoms with E-state index < -0.39 is 11.9 Å². The monoisotopic (exact) mass is 350 g/mol.